The predicted octanol–water partition coefficient (Wildman–Crippen LogP) is 0.854. The van der Waals surface area contributed by atoms with Crippen LogP contribution in [0, 0.1) is 5.92 Å². The summed E-state index contributed by atoms with van der Waals surface area (Å²) in [4.78, 5) is 28.3. The number of nitrogens with one attached hydrogen (secondary N) is 1. The molecule has 2 amide bonds. The number of likely N-dealkylation sites (N-methyl/N-ethyl adjacent to an activating group) is 1. The van der Waals surface area contributed by atoms with Crippen molar-refractivity contribution >= 4 is 24.2 Å². The SMILES string of the molecule is CN(Cc1ccccc1)C(=O)CN1CCCC(C(=O)NCCN)C1.Cl. The minimum Gasteiger partial charge on any atom is -0.355 e. The number of piperidine rings is 1. The number of rotatable bonds is 7. The molecule has 7 heteroatoms. The molecule has 0 bridgehead atoms. The molecule has 2 rings (SSSR count). The molecule has 1 atom stereocenters. The summed E-state index contributed by atoms with van der Waals surface area (Å²) in [6.45, 7) is 3.43. The predicted molar refractivity (Wildman–Crippen MR) is 101 cm³/mol. The molecule has 6 nitrogen and oxygen atoms in total. The first-order valence-corrected chi connectivity index (χ1v) is 8.58. The molecule has 25 heavy (non-hydrogen) atoms. The lowest BCUT2D eigenvalue weighted by Gasteiger charge is -2.32. The van der Waals surface area contributed by atoms with Crippen LogP contribution < -0.4 is 11.1 Å². The van der Waals surface area contributed by atoms with Crippen LogP contribution in [0.25, 0.3) is 0 Å². The summed E-state index contributed by atoms with van der Waals surface area (Å²) in [7, 11) is 1.82. The van der Waals surface area contributed by atoms with Crippen molar-refractivity contribution in [1.29, 1.82) is 0 Å². The first-order valence-electron chi connectivity index (χ1n) is 8.58. The van der Waals surface area contributed by atoms with Crippen molar-refractivity contribution in [3.63, 3.8) is 0 Å². The molecular weight excluding hydrogens is 340 g/mol. The second-order valence-corrected chi connectivity index (χ2v) is 6.39. The van der Waals surface area contributed by atoms with Crippen LogP contribution >= 0.6 is 12.4 Å². The largest absolute Gasteiger partial charge is 0.355 e. The van der Waals surface area contributed by atoms with Crippen LogP contribution in [0.4, 0.5) is 0 Å². The smallest absolute Gasteiger partial charge is 0.236 e. The average molecular weight is 369 g/mol. The first-order chi connectivity index (χ1) is 11.6. The van der Waals surface area contributed by atoms with Crippen molar-refractivity contribution in [2.75, 3.05) is 39.8 Å². The Labute approximate surface area is 156 Å². The summed E-state index contributed by atoms with van der Waals surface area (Å²) in [5.74, 6) is 0.0923. The van der Waals surface area contributed by atoms with E-state index in [4.69, 9.17) is 5.73 Å². The van der Waals surface area contributed by atoms with Crippen molar-refractivity contribution in [2.24, 2.45) is 11.7 Å². The highest BCUT2D eigenvalue weighted by Crippen LogP contribution is 2.16. The lowest BCUT2D eigenvalue weighted by atomic mass is 9.97. The Bertz CT molecular complexity index is 541. The lowest BCUT2D eigenvalue weighted by Crippen LogP contribution is -2.47. The molecule has 1 fully saturated rings. The first kappa shape index (κ1) is 21.4. The van der Waals surface area contributed by atoms with Gasteiger partial charge in [-0.3, -0.25) is 14.5 Å². The zero-order valence-electron chi connectivity index (χ0n) is 14.8. The third-order valence-electron chi connectivity index (χ3n) is 4.37. The Hall–Kier alpha value is -1.63. The number of carbonyl (C=O) groups excluding carboxylic acids is 2. The molecule has 140 valence electrons. The zero-order chi connectivity index (χ0) is 17.4. The van der Waals surface area contributed by atoms with E-state index in [0.29, 0.717) is 32.7 Å². The van der Waals surface area contributed by atoms with Gasteiger partial charge in [-0.05, 0) is 24.9 Å². The zero-order valence-corrected chi connectivity index (χ0v) is 15.6. The second-order valence-electron chi connectivity index (χ2n) is 6.39. The van der Waals surface area contributed by atoms with Gasteiger partial charge >= 0.3 is 0 Å². The maximum absolute atomic E-state index is 12.4. The van der Waals surface area contributed by atoms with E-state index in [2.05, 4.69) is 10.2 Å². The Balaban J connectivity index is 0.00000312. The van der Waals surface area contributed by atoms with Gasteiger partial charge in [0.15, 0.2) is 0 Å². The molecule has 1 aromatic rings. The number of likely N-dealkylation sites (tertiary alicyclic amines) is 1. The molecule has 1 unspecified atom stereocenters. The van der Waals surface area contributed by atoms with Crippen LogP contribution in [0.1, 0.15) is 18.4 Å². The molecule has 1 heterocycles. The standard InChI is InChI=1S/C18H28N4O2.ClH/c1-21(12-15-6-3-2-4-7-15)17(23)14-22-11-5-8-16(13-22)18(24)20-10-9-19;/h2-4,6-7,16H,5,8-14,19H2,1H3,(H,20,24);1H. The van der Waals surface area contributed by atoms with E-state index < -0.39 is 0 Å². The third kappa shape index (κ3) is 7.02. The van der Waals surface area contributed by atoms with Gasteiger partial charge in [0.1, 0.15) is 0 Å². The van der Waals surface area contributed by atoms with Gasteiger partial charge in [0.05, 0.1) is 12.5 Å². The molecule has 1 saturated heterocycles. The molecule has 0 saturated carbocycles. The summed E-state index contributed by atoms with van der Waals surface area (Å²) >= 11 is 0. The van der Waals surface area contributed by atoms with Crippen LogP contribution in [0.3, 0.4) is 0 Å². The molecular formula is C18H29ClN4O2. The van der Waals surface area contributed by atoms with Gasteiger partial charge in [0.25, 0.3) is 0 Å². The van der Waals surface area contributed by atoms with E-state index in [1.165, 1.54) is 0 Å². The Kier molecular flexibility index (Phi) is 9.49. The molecule has 0 radical (unpaired) electrons. The molecule has 1 aliphatic heterocycles. The van der Waals surface area contributed by atoms with E-state index >= 15 is 0 Å². The van der Waals surface area contributed by atoms with E-state index in [1.807, 2.05) is 37.4 Å². The van der Waals surface area contributed by atoms with Gasteiger partial charge in [0.2, 0.25) is 11.8 Å². The van der Waals surface area contributed by atoms with E-state index in [9.17, 15) is 9.59 Å². The highest BCUT2D eigenvalue weighted by Gasteiger charge is 2.27. The molecule has 0 aromatic heterocycles. The van der Waals surface area contributed by atoms with Gasteiger partial charge in [-0.25, -0.2) is 0 Å². The van der Waals surface area contributed by atoms with E-state index in [0.717, 1.165) is 24.9 Å². The quantitative estimate of drug-likeness (QED) is 0.748. The van der Waals surface area contributed by atoms with Crippen molar-refractivity contribution in [3.8, 4) is 0 Å². The minimum absolute atomic E-state index is 0. The molecule has 0 spiro atoms. The highest BCUT2D eigenvalue weighted by molar-refractivity contribution is 5.85. The van der Waals surface area contributed by atoms with Gasteiger partial charge in [-0.1, -0.05) is 30.3 Å². The summed E-state index contributed by atoms with van der Waals surface area (Å²) < 4.78 is 0. The fourth-order valence-electron chi connectivity index (χ4n) is 3.01. The third-order valence-corrected chi connectivity index (χ3v) is 4.37. The number of hydrogen-bond donors (Lipinski definition) is 2. The maximum atomic E-state index is 12.4. The number of amides is 2. The number of halogens is 1. The Morgan fingerprint density at radius 1 is 1.32 bits per heavy atom. The Morgan fingerprint density at radius 2 is 2.04 bits per heavy atom. The van der Waals surface area contributed by atoms with Crippen molar-refractivity contribution in [1.82, 2.24) is 15.1 Å². The highest BCUT2D eigenvalue weighted by atomic mass is 35.5. The fourth-order valence-corrected chi connectivity index (χ4v) is 3.01. The van der Waals surface area contributed by atoms with E-state index in [-0.39, 0.29) is 30.1 Å². The topological polar surface area (TPSA) is 78.7 Å². The number of carbonyl (C=O) groups is 2. The Morgan fingerprint density at radius 3 is 2.72 bits per heavy atom. The second kappa shape index (κ2) is 11.1. The summed E-state index contributed by atoms with van der Waals surface area (Å²) in [6, 6.07) is 9.95. The molecule has 0 aliphatic carbocycles. The van der Waals surface area contributed by atoms with Gasteiger partial charge in [0, 0.05) is 33.2 Å². The monoisotopic (exact) mass is 368 g/mol. The maximum Gasteiger partial charge on any atom is 0.236 e. The van der Waals surface area contributed by atoms with Crippen molar-refractivity contribution < 1.29 is 9.59 Å². The summed E-state index contributed by atoms with van der Waals surface area (Å²) in [5, 5.41) is 2.85. The summed E-state index contributed by atoms with van der Waals surface area (Å²) in [5.41, 5.74) is 6.54. The van der Waals surface area contributed by atoms with Crippen LogP contribution in [0.15, 0.2) is 30.3 Å². The minimum atomic E-state index is -0.0440. The molecule has 3 N–H and O–H groups in total. The lowest BCUT2D eigenvalue weighted by molar-refractivity contribution is -0.134. The number of hydrogen-bond acceptors (Lipinski definition) is 4. The van der Waals surface area contributed by atoms with Gasteiger partial charge in [-0.15, -0.1) is 12.4 Å². The van der Waals surface area contributed by atoms with Gasteiger partial charge < -0.3 is 16.0 Å². The normalized spacial score (nSPS) is 17.4. The van der Waals surface area contributed by atoms with Crippen LogP contribution in [-0.4, -0.2) is 61.4 Å². The van der Waals surface area contributed by atoms with Crippen LogP contribution in [0.2, 0.25) is 0 Å². The molecule has 1 aliphatic rings. The molecule has 1 aromatic carbocycles. The van der Waals surface area contributed by atoms with Gasteiger partial charge in [-0.2, -0.15) is 0 Å². The van der Waals surface area contributed by atoms with Crippen LogP contribution in [0.5, 0.6) is 0 Å². The average Bonchev–Trinajstić information content (AvgIpc) is 2.60. The van der Waals surface area contributed by atoms with Crippen molar-refractivity contribution in [3.05, 3.63) is 35.9 Å². The summed E-state index contributed by atoms with van der Waals surface area (Å²) in [6.07, 6.45) is 1.82. The number of benzene rings is 1. The van der Waals surface area contributed by atoms with Crippen LogP contribution in [-0.2, 0) is 16.1 Å². The number of nitrogens with zero attached hydrogens (tertiary/aromatic N) is 2. The van der Waals surface area contributed by atoms with Crippen molar-refractivity contribution in [2.45, 2.75) is 19.4 Å². The fraction of sp³-hybridized carbons (Fsp3) is 0.556. The number of nitrogens with two attached hydrogens (primary N) is 1. The van der Waals surface area contributed by atoms with E-state index in [1.54, 1.807) is 4.90 Å².